The van der Waals surface area contributed by atoms with E-state index in [0.717, 1.165) is 49.8 Å². The molecule has 118 valence electrons. The molecule has 5 rings (SSSR count). The largest absolute Gasteiger partial charge is 0.368 e. The summed E-state index contributed by atoms with van der Waals surface area (Å²) in [7, 11) is 0. The summed E-state index contributed by atoms with van der Waals surface area (Å²) in [6, 6.07) is 8.54. The lowest BCUT2D eigenvalue weighted by Gasteiger charge is -2.20. The van der Waals surface area contributed by atoms with Crippen molar-refractivity contribution < 1.29 is 0 Å². The van der Waals surface area contributed by atoms with E-state index in [4.69, 9.17) is 5.73 Å². The number of rotatable bonds is 2. The van der Waals surface area contributed by atoms with Gasteiger partial charge in [0.05, 0.1) is 11.2 Å². The molecule has 0 radical (unpaired) electrons. The van der Waals surface area contributed by atoms with Gasteiger partial charge in [-0.3, -0.25) is 0 Å². The molecule has 4 N–H and O–H groups in total. The highest BCUT2D eigenvalue weighted by atomic mass is 15.2. The lowest BCUT2D eigenvalue weighted by atomic mass is 10.0. The van der Waals surface area contributed by atoms with Gasteiger partial charge in [-0.25, -0.2) is 4.98 Å². The van der Waals surface area contributed by atoms with Crippen LogP contribution in [-0.4, -0.2) is 28.6 Å². The van der Waals surface area contributed by atoms with E-state index in [0.29, 0.717) is 5.95 Å². The third-order valence-electron chi connectivity index (χ3n) is 5.60. The van der Waals surface area contributed by atoms with Crippen molar-refractivity contribution >= 4 is 11.8 Å². The van der Waals surface area contributed by atoms with Crippen molar-refractivity contribution in [2.45, 2.75) is 31.2 Å². The Labute approximate surface area is 135 Å². The molecule has 2 aromatic rings. The Morgan fingerprint density at radius 2 is 2.13 bits per heavy atom. The highest BCUT2D eigenvalue weighted by Gasteiger charge is 2.57. The minimum absolute atomic E-state index is 0.195. The van der Waals surface area contributed by atoms with Gasteiger partial charge in [0, 0.05) is 24.2 Å². The Morgan fingerprint density at radius 3 is 2.96 bits per heavy atom. The first-order valence-electron chi connectivity index (χ1n) is 8.49. The Morgan fingerprint density at radius 1 is 1.22 bits per heavy atom. The topological polar surface area (TPSA) is 75.9 Å². The van der Waals surface area contributed by atoms with E-state index < -0.39 is 0 Å². The number of nitrogens with one attached hydrogen (secondary N) is 2. The molecular formula is C18H21N5. The molecule has 0 spiro atoms. The molecule has 1 aromatic heterocycles. The second-order valence-corrected chi connectivity index (χ2v) is 7.08. The number of aryl methyl sites for hydroxylation is 1. The van der Waals surface area contributed by atoms with Gasteiger partial charge in [-0.2, -0.15) is 4.98 Å². The van der Waals surface area contributed by atoms with E-state index in [1.54, 1.807) is 0 Å². The summed E-state index contributed by atoms with van der Waals surface area (Å²) >= 11 is 0. The Hall–Kier alpha value is -2.14. The second-order valence-electron chi connectivity index (χ2n) is 7.08. The molecule has 2 fully saturated rings. The molecule has 5 nitrogen and oxygen atoms in total. The first-order valence-corrected chi connectivity index (χ1v) is 8.49. The maximum absolute atomic E-state index is 6.04. The van der Waals surface area contributed by atoms with Crippen LogP contribution in [0.1, 0.15) is 24.0 Å². The average Bonchev–Trinajstić information content (AvgIpc) is 3.15. The summed E-state index contributed by atoms with van der Waals surface area (Å²) < 4.78 is 0. The number of piperidine rings is 1. The summed E-state index contributed by atoms with van der Waals surface area (Å²) in [6.07, 6.45) is 4.44. The molecule has 0 bridgehead atoms. The van der Waals surface area contributed by atoms with Crippen LogP contribution in [0.15, 0.2) is 24.3 Å². The molecule has 1 saturated heterocycles. The van der Waals surface area contributed by atoms with E-state index in [1.165, 1.54) is 23.1 Å². The molecule has 1 unspecified atom stereocenters. The van der Waals surface area contributed by atoms with E-state index in [2.05, 4.69) is 44.9 Å². The number of benzene rings is 1. The monoisotopic (exact) mass is 307 g/mol. The first-order chi connectivity index (χ1) is 11.3. The van der Waals surface area contributed by atoms with Gasteiger partial charge in [-0.1, -0.05) is 24.3 Å². The normalized spacial score (nSPS) is 27.6. The minimum atomic E-state index is 0.195. The van der Waals surface area contributed by atoms with Crippen molar-refractivity contribution in [3.05, 3.63) is 35.4 Å². The molecule has 23 heavy (non-hydrogen) atoms. The Bertz CT molecular complexity index is 787. The smallest absolute Gasteiger partial charge is 0.222 e. The number of nitrogens with two attached hydrogens (primary N) is 1. The quantitative estimate of drug-likeness (QED) is 0.791. The molecule has 1 saturated carbocycles. The maximum Gasteiger partial charge on any atom is 0.222 e. The molecule has 2 atom stereocenters. The van der Waals surface area contributed by atoms with Crippen LogP contribution in [-0.2, 0) is 12.8 Å². The van der Waals surface area contributed by atoms with Gasteiger partial charge in [0.25, 0.3) is 0 Å². The number of nitrogen functional groups attached to an aromatic ring is 1. The second kappa shape index (κ2) is 4.68. The predicted octanol–water partition coefficient (Wildman–Crippen LogP) is 1.99. The zero-order valence-corrected chi connectivity index (χ0v) is 13.1. The van der Waals surface area contributed by atoms with E-state index in [1.807, 2.05) is 0 Å². The van der Waals surface area contributed by atoms with Crippen LogP contribution in [0.25, 0.3) is 11.3 Å². The summed E-state index contributed by atoms with van der Waals surface area (Å²) in [5, 5.41) is 7.19. The van der Waals surface area contributed by atoms with Gasteiger partial charge in [0.15, 0.2) is 0 Å². The molecule has 5 heteroatoms. The number of aromatic nitrogens is 2. The molecule has 2 heterocycles. The number of hydrogen-bond acceptors (Lipinski definition) is 5. The standard InChI is InChI=1S/C18H21N5/c19-17-21-15-13-6-2-1-4-11(13)5-3-7-14(15)16(22-17)23-18-8-12(18)9-20-10-18/h1-2,4,6,12,20H,3,5,7-10H2,(H3,19,21,22,23)/t12?,18-/m1/s1. The van der Waals surface area contributed by atoms with Crippen LogP contribution >= 0.6 is 0 Å². The number of anilines is 2. The fourth-order valence-corrected chi connectivity index (χ4v) is 4.26. The van der Waals surface area contributed by atoms with Crippen LogP contribution in [0, 0.1) is 5.92 Å². The van der Waals surface area contributed by atoms with Crippen molar-refractivity contribution in [3.8, 4) is 11.3 Å². The van der Waals surface area contributed by atoms with E-state index >= 15 is 0 Å². The number of hydrogen-bond donors (Lipinski definition) is 3. The fourth-order valence-electron chi connectivity index (χ4n) is 4.26. The van der Waals surface area contributed by atoms with Crippen molar-refractivity contribution in [2.24, 2.45) is 5.92 Å². The lowest BCUT2D eigenvalue weighted by molar-refractivity contribution is 0.695. The van der Waals surface area contributed by atoms with Crippen LogP contribution in [0.4, 0.5) is 11.8 Å². The van der Waals surface area contributed by atoms with Crippen molar-refractivity contribution in [1.82, 2.24) is 15.3 Å². The molecule has 2 aliphatic carbocycles. The molecular weight excluding hydrogens is 286 g/mol. The van der Waals surface area contributed by atoms with Gasteiger partial charge in [-0.15, -0.1) is 0 Å². The van der Waals surface area contributed by atoms with Crippen LogP contribution in [0.5, 0.6) is 0 Å². The zero-order chi connectivity index (χ0) is 15.4. The van der Waals surface area contributed by atoms with Gasteiger partial charge in [0.2, 0.25) is 5.95 Å². The molecule has 1 aromatic carbocycles. The Balaban J connectivity index is 1.63. The minimum Gasteiger partial charge on any atom is -0.368 e. The van der Waals surface area contributed by atoms with Gasteiger partial charge < -0.3 is 16.4 Å². The Kier molecular flexibility index (Phi) is 2.71. The summed E-state index contributed by atoms with van der Waals surface area (Å²) in [6.45, 7) is 2.13. The van der Waals surface area contributed by atoms with E-state index in [9.17, 15) is 0 Å². The highest BCUT2D eigenvalue weighted by Crippen LogP contribution is 2.49. The summed E-state index contributed by atoms with van der Waals surface area (Å²) in [4.78, 5) is 9.16. The molecule has 1 aliphatic heterocycles. The summed E-state index contributed by atoms with van der Waals surface area (Å²) in [5.41, 5.74) is 11.1. The maximum atomic E-state index is 6.04. The SMILES string of the molecule is Nc1nc(N[C@]23CNCC2C3)c2c(n1)-c1ccccc1CCC2. The van der Waals surface area contributed by atoms with Crippen molar-refractivity contribution in [2.75, 3.05) is 24.1 Å². The number of fused-ring (bicyclic) bond motifs is 4. The first kappa shape index (κ1) is 13.3. The molecule has 0 amide bonds. The third-order valence-corrected chi connectivity index (χ3v) is 5.60. The predicted molar refractivity (Wildman–Crippen MR) is 91.2 cm³/mol. The molecule has 3 aliphatic rings. The van der Waals surface area contributed by atoms with Gasteiger partial charge in [0.1, 0.15) is 5.82 Å². The van der Waals surface area contributed by atoms with Crippen molar-refractivity contribution in [3.63, 3.8) is 0 Å². The van der Waals surface area contributed by atoms with Crippen molar-refractivity contribution in [1.29, 1.82) is 0 Å². The van der Waals surface area contributed by atoms with E-state index in [-0.39, 0.29) is 5.54 Å². The van der Waals surface area contributed by atoms with Crippen LogP contribution < -0.4 is 16.4 Å². The van der Waals surface area contributed by atoms with Crippen LogP contribution in [0.2, 0.25) is 0 Å². The highest BCUT2D eigenvalue weighted by molar-refractivity contribution is 5.74. The van der Waals surface area contributed by atoms with Gasteiger partial charge >= 0.3 is 0 Å². The third kappa shape index (κ3) is 2.03. The zero-order valence-electron chi connectivity index (χ0n) is 13.1. The van der Waals surface area contributed by atoms with Crippen LogP contribution in [0.3, 0.4) is 0 Å². The average molecular weight is 307 g/mol. The fraction of sp³-hybridized carbons (Fsp3) is 0.444. The lowest BCUT2D eigenvalue weighted by Crippen LogP contribution is -2.30. The van der Waals surface area contributed by atoms with Gasteiger partial charge in [-0.05, 0) is 37.2 Å². The number of nitrogens with zero attached hydrogens (tertiary/aromatic N) is 2. The summed E-state index contributed by atoms with van der Waals surface area (Å²) in [5.74, 6) is 2.05.